The third kappa shape index (κ3) is 3.41. The summed E-state index contributed by atoms with van der Waals surface area (Å²) in [7, 11) is 0. The number of carboxylic acid groups (broad SMARTS) is 1. The minimum absolute atomic E-state index is 0.239. The number of rotatable bonds is 5. The monoisotopic (exact) mass is 340 g/mol. The number of nitrogens with one attached hydrogen (secondary N) is 1. The summed E-state index contributed by atoms with van der Waals surface area (Å²) in [6.07, 6.45) is 2.60. The summed E-state index contributed by atoms with van der Waals surface area (Å²) in [5, 5.41) is 13.1. The molecule has 0 amide bonds. The lowest BCUT2D eigenvalue weighted by molar-refractivity contribution is 0.0697. The van der Waals surface area contributed by atoms with E-state index >= 15 is 0 Å². The largest absolute Gasteiger partial charge is 0.478 e. The van der Waals surface area contributed by atoms with Crippen molar-refractivity contribution in [3.05, 3.63) is 52.8 Å². The van der Waals surface area contributed by atoms with Crippen LogP contribution in [-0.4, -0.2) is 26.0 Å². The molecule has 2 N–H and O–H groups in total. The quantitative estimate of drug-likeness (QED) is 0.732. The van der Waals surface area contributed by atoms with Crippen molar-refractivity contribution in [2.24, 2.45) is 0 Å². The van der Waals surface area contributed by atoms with E-state index in [9.17, 15) is 4.79 Å². The topological polar surface area (TPSA) is 88.0 Å². The number of aromatic carboxylic acids is 1. The summed E-state index contributed by atoms with van der Waals surface area (Å²) in [6.45, 7) is 4.06. The van der Waals surface area contributed by atoms with E-state index in [-0.39, 0.29) is 5.56 Å². The lowest BCUT2D eigenvalue weighted by Gasteiger charge is -2.06. The summed E-state index contributed by atoms with van der Waals surface area (Å²) in [6, 6.07) is 8.31. The van der Waals surface area contributed by atoms with Gasteiger partial charge in [0.25, 0.3) is 0 Å². The van der Waals surface area contributed by atoms with Gasteiger partial charge in [-0.3, -0.25) is 0 Å². The maximum absolute atomic E-state index is 10.9. The molecule has 0 atom stereocenters. The van der Waals surface area contributed by atoms with E-state index in [1.165, 1.54) is 12.1 Å². The number of aromatic nitrogens is 3. The molecule has 0 aliphatic heterocycles. The van der Waals surface area contributed by atoms with Crippen LogP contribution in [0.5, 0.6) is 0 Å². The third-order valence-corrected chi connectivity index (χ3v) is 4.74. The minimum Gasteiger partial charge on any atom is -0.478 e. The maximum atomic E-state index is 10.9. The Hall–Kier alpha value is -2.80. The van der Waals surface area contributed by atoms with Crippen molar-refractivity contribution >= 4 is 28.9 Å². The molecule has 3 rings (SSSR count). The van der Waals surface area contributed by atoms with E-state index in [0.717, 1.165) is 33.4 Å². The number of carboxylic acids is 1. The first-order valence-electron chi connectivity index (χ1n) is 7.47. The first-order chi connectivity index (χ1) is 11.6. The summed E-state index contributed by atoms with van der Waals surface area (Å²) in [5.74, 6) is -0.492. The summed E-state index contributed by atoms with van der Waals surface area (Å²) < 4.78 is 0. The average molecular weight is 340 g/mol. The average Bonchev–Trinajstić information content (AvgIpc) is 2.97. The number of benzene rings is 1. The Morgan fingerprint density at radius 2 is 1.96 bits per heavy atom. The number of thiazole rings is 1. The van der Waals surface area contributed by atoms with Gasteiger partial charge >= 0.3 is 5.97 Å². The highest BCUT2D eigenvalue weighted by Crippen LogP contribution is 2.29. The van der Waals surface area contributed by atoms with Gasteiger partial charge in [0.2, 0.25) is 5.95 Å². The SMILES string of the molecule is CCc1nc(C)c(-c2ccnc(Nc3ccc(C(=O)O)cc3)n2)s1. The zero-order chi connectivity index (χ0) is 17.1. The van der Waals surface area contributed by atoms with Crippen LogP contribution < -0.4 is 5.32 Å². The molecule has 6 nitrogen and oxygen atoms in total. The molecule has 24 heavy (non-hydrogen) atoms. The second-order valence-corrected chi connectivity index (χ2v) is 6.23. The van der Waals surface area contributed by atoms with Gasteiger partial charge in [0.1, 0.15) is 0 Å². The number of anilines is 2. The lowest BCUT2D eigenvalue weighted by Crippen LogP contribution is -1.99. The second-order valence-electron chi connectivity index (χ2n) is 5.15. The summed E-state index contributed by atoms with van der Waals surface area (Å²) >= 11 is 1.64. The van der Waals surface area contributed by atoms with Crippen LogP contribution in [0.2, 0.25) is 0 Å². The molecule has 0 saturated heterocycles. The van der Waals surface area contributed by atoms with Crippen LogP contribution in [0.25, 0.3) is 10.6 Å². The Labute approximate surface area is 143 Å². The molecule has 1 aromatic carbocycles. The molecule has 0 radical (unpaired) electrons. The van der Waals surface area contributed by atoms with Gasteiger partial charge in [-0.05, 0) is 43.7 Å². The van der Waals surface area contributed by atoms with Crippen molar-refractivity contribution < 1.29 is 9.90 Å². The number of hydrogen-bond donors (Lipinski definition) is 2. The van der Waals surface area contributed by atoms with Gasteiger partial charge in [-0.2, -0.15) is 0 Å². The van der Waals surface area contributed by atoms with Gasteiger partial charge in [-0.1, -0.05) is 6.92 Å². The zero-order valence-electron chi connectivity index (χ0n) is 13.3. The molecule has 122 valence electrons. The Bertz CT molecular complexity index is 875. The lowest BCUT2D eigenvalue weighted by atomic mass is 10.2. The number of nitrogens with zero attached hydrogens (tertiary/aromatic N) is 3. The van der Waals surface area contributed by atoms with Crippen molar-refractivity contribution in [1.82, 2.24) is 15.0 Å². The Morgan fingerprint density at radius 1 is 1.21 bits per heavy atom. The molecule has 0 bridgehead atoms. The molecule has 2 aromatic heterocycles. The van der Waals surface area contributed by atoms with Crippen LogP contribution in [-0.2, 0) is 6.42 Å². The number of carbonyl (C=O) groups is 1. The molecule has 0 spiro atoms. The Balaban J connectivity index is 1.85. The van der Waals surface area contributed by atoms with E-state index in [0.29, 0.717) is 5.95 Å². The molecule has 3 aromatic rings. The fourth-order valence-electron chi connectivity index (χ4n) is 2.21. The van der Waals surface area contributed by atoms with E-state index in [4.69, 9.17) is 5.11 Å². The van der Waals surface area contributed by atoms with Crippen LogP contribution in [0, 0.1) is 6.92 Å². The highest BCUT2D eigenvalue weighted by atomic mass is 32.1. The highest BCUT2D eigenvalue weighted by Gasteiger charge is 2.11. The van der Waals surface area contributed by atoms with Crippen LogP contribution in [0.1, 0.15) is 28.0 Å². The molecule has 2 heterocycles. The molecular formula is C17H16N4O2S. The predicted molar refractivity (Wildman–Crippen MR) is 93.9 cm³/mol. The number of hydrogen-bond acceptors (Lipinski definition) is 6. The molecular weight excluding hydrogens is 324 g/mol. The van der Waals surface area contributed by atoms with Crippen molar-refractivity contribution in [3.8, 4) is 10.6 Å². The third-order valence-electron chi connectivity index (χ3n) is 3.42. The molecule has 0 aliphatic rings. The molecule has 0 aliphatic carbocycles. The van der Waals surface area contributed by atoms with Crippen molar-refractivity contribution in [1.29, 1.82) is 0 Å². The van der Waals surface area contributed by atoms with Crippen molar-refractivity contribution in [2.75, 3.05) is 5.32 Å². The van der Waals surface area contributed by atoms with Crippen LogP contribution in [0.3, 0.4) is 0 Å². The van der Waals surface area contributed by atoms with Crippen molar-refractivity contribution in [2.45, 2.75) is 20.3 Å². The van der Waals surface area contributed by atoms with E-state index in [1.54, 1.807) is 29.7 Å². The van der Waals surface area contributed by atoms with Crippen LogP contribution >= 0.6 is 11.3 Å². The van der Waals surface area contributed by atoms with Gasteiger partial charge in [-0.15, -0.1) is 11.3 Å². The molecule has 7 heteroatoms. The normalized spacial score (nSPS) is 10.6. The Kier molecular flexibility index (Phi) is 4.52. The molecule has 0 fully saturated rings. The first kappa shape index (κ1) is 16.1. The van der Waals surface area contributed by atoms with Crippen LogP contribution in [0.4, 0.5) is 11.6 Å². The summed E-state index contributed by atoms with van der Waals surface area (Å²) in [5.41, 5.74) is 2.76. The van der Waals surface area contributed by atoms with Gasteiger partial charge in [-0.25, -0.2) is 19.7 Å². The first-order valence-corrected chi connectivity index (χ1v) is 8.28. The smallest absolute Gasteiger partial charge is 0.335 e. The van der Waals surface area contributed by atoms with E-state index in [2.05, 4.69) is 27.2 Å². The fourth-order valence-corrected chi connectivity index (χ4v) is 3.19. The fraction of sp³-hybridized carbons (Fsp3) is 0.176. The highest BCUT2D eigenvalue weighted by molar-refractivity contribution is 7.15. The van der Waals surface area contributed by atoms with Gasteiger partial charge in [0, 0.05) is 11.9 Å². The Morgan fingerprint density at radius 3 is 2.58 bits per heavy atom. The van der Waals surface area contributed by atoms with Gasteiger partial charge in [0.15, 0.2) is 0 Å². The minimum atomic E-state index is -0.952. The molecule has 0 unspecified atom stereocenters. The van der Waals surface area contributed by atoms with Crippen molar-refractivity contribution in [3.63, 3.8) is 0 Å². The number of aryl methyl sites for hydroxylation is 2. The zero-order valence-corrected chi connectivity index (χ0v) is 14.1. The van der Waals surface area contributed by atoms with Gasteiger partial charge in [0.05, 0.1) is 26.8 Å². The standard InChI is InChI=1S/C17H16N4O2S/c1-3-14-19-10(2)15(24-14)13-8-9-18-17(21-13)20-12-6-4-11(5-7-12)16(22)23/h4-9H,3H2,1-2H3,(H,22,23)(H,18,20,21). The maximum Gasteiger partial charge on any atom is 0.335 e. The van der Waals surface area contributed by atoms with E-state index in [1.807, 2.05) is 13.0 Å². The molecule has 0 saturated carbocycles. The predicted octanol–water partition coefficient (Wildman–Crippen LogP) is 3.91. The summed E-state index contributed by atoms with van der Waals surface area (Å²) in [4.78, 5) is 25.2. The van der Waals surface area contributed by atoms with Crippen LogP contribution in [0.15, 0.2) is 36.5 Å². The second kappa shape index (κ2) is 6.76. The van der Waals surface area contributed by atoms with E-state index < -0.39 is 5.97 Å². The van der Waals surface area contributed by atoms with Gasteiger partial charge < -0.3 is 10.4 Å².